The van der Waals surface area contributed by atoms with Crippen LogP contribution in [-0.2, 0) is 23.8 Å². The maximum Gasteiger partial charge on any atom is 0.306 e. The van der Waals surface area contributed by atoms with Gasteiger partial charge in [-0.15, -0.1) is 0 Å². The van der Waals surface area contributed by atoms with Gasteiger partial charge >= 0.3 is 11.9 Å². The van der Waals surface area contributed by atoms with Gasteiger partial charge in [-0.05, 0) is 0 Å². The molecule has 5 heteroatoms. The summed E-state index contributed by atoms with van der Waals surface area (Å²) in [5.74, 6) is -0.753. The molecular weight excluding hydrogens is 212 g/mol. The maximum atomic E-state index is 11.0. The van der Waals surface area contributed by atoms with Crippen molar-refractivity contribution in [1.82, 2.24) is 0 Å². The molecule has 16 heavy (non-hydrogen) atoms. The van der Waals surface area contributed by atoms with Gasteiger partial charge in [0.25, 0.3) is 0 Å². The van der Waals surface area contributed by atoms with Crippen molar-refractivity contribution in [3.63, 3.8) is 0 Å². The third-order valence-corrected chi connectivity index (χ3v) is 1.66. The standard InChI is InChI=1S/C11H16O5/c1-4-10(12)15-8-9(7-14-6-3)16-11(13)5-2/h3,9H,4-5,7-8H2,1-2H3. The number of terminal acetylenes is 1. The summed E-state index contributed by atoms with van der Waals surface area (Å²) in [4.78, 5) is 21.9. The van der Waals surface area contributed by atoms with Gasteiger partial charge in [0.2, 0.25) is 0 Å². The largest absolute Gasteiger partial charge is 0.462 e. The zero-order valence-electron chi connectivity index (χ0n) is 9.52. The SMILES string of the molecule is C#COCC(COC(=O)CC)OC(=O)CC. The third-order valence-electron chi connectivity index (χ3n) is 1.66. The average molecular weight is 228 g/mol. The lowest BCUT2D eigenvalue weighted by molar-refractivity contribution is -0.160. The van der Waals surface area contributed by atoms with Gasteiger partial charge in [-0.3, -0.25) is 9.59 Å². The second-order valence-electron chi connectivity index (χ2n) is 2.93. The topological polar surface area (TPSA) is 61.8 Å². The first-order valence-electron chi connectivity index (χ1n) is 5.06. The lowest BCUT2D eigenvalue weighted by atomic mass is 10.4. The first kappa shape index (κ1) is 14.3. The van der Waals surface area contributed by atoms with Crippen LogP contribution in [0.1, 0.15) is 26.7 Å². The molecule has 5 nitrogen and oxygen atoms in total. The lowest BCUT2D eigenvalue weighted by Gasteiger charge is -2.16. The summed E-state index contributed by atoms with van der Waals surface area (Å²) in [6.07, 6.45) is 6.72. The molecule has 0 aliphatic carbocycles. The summed E-state index contributed by atoms with van der Waals surface area (Å²) in [7, 11) is 0. The molecular formula is C11H16O5. The molecule has 0 aliphatic rings. The fourth-order valence-electron chi connectivity index (χ4n) is 0.814. The Hall–Kier alpha value is -1.70. The van der Waals surface area contributed by atoms with E-state index in [-0.39, 0.29) is 32.0 Å². The molecule has 0 fully saturated rings. The minimum atomic E-state index is -0.654. The maximum absolute atomic E-state index is 11.0. The predicted octanol–water partition coefficient (Wildman–Crippen LogP) is 0.869. The average Bonchev–Trinajstić information content (AvgIpc) is 2.31. The molecule has 90 valence electrons. The van der Waals surface area contributed by atoms with Crippen molar-refractivity contribution in [2.45, 2.75) is 32.8 Å². The minimum absolute atomic E-state index is 0.0131. The molecule has 0 amide bonds. The van der Waals surface area contributed by atoms with Crippen molar-refractivity contribution < 1.29 is 23.8 Å². The normalized spacial score (nSPS) is 11.1. The summed E-state index contributed by atoms with van der Waals surface area (Å²) >= 11 is 0. The number of rotatable bonds is 7. The summed E-state index contributed by atoms with van der Waals surface area (Å²) in [5, 5.41) is 0. The molecule has 0 aromatic heterocycles. The Morgan fingerprint density at radius 1 is 1.19 bits per heavy atom. The quantitative estimate of drug-likeness (QED) is 0.478. The summed E-state index contributed by atoms with van der Waals surface area (Å²) in [6, 6.07) is 0. The molecule has 0 N–H and O–H groups in total. The van der Waals surface area contributed by atoms with E-state index in [2.05, 4.69) is 4.74 Å². The van der Waals surface area contributed by atoms with Crippen LogP contribution in [0.4, 0.5) is 0 Å². The Labute approximate surface area is 95.1 Å². The molecule has 0 bridgehead atoms. The van der Waals surface area contributed by atoms with Crippen LogP contribution in [0.5, 0.6) is 0 Å². The molecule has 1 unspecified atom stereocenters. The second kappa shape index (κ2) is 8.60. The first-order valence-corrected chi connectivity index (χ1v) is 5.06. The number of carbonyl (C=O) groups excluding carboxylic acids is 2. The van der Waals surface area contributed by atoms with Crippen LogP contribution in [0.3, 0.4) is 0 Å². The molecule has 0 rings (SSSR count). The highest BCUT2D eigenvalue weighted by Crippen LogP contribution is 1.99. The van der Waals surface area contributed by atoms with E-state index in [0.717, 1.165) is 0 Å². The van der Waals surface area contributed by atoms with Crippen molar-refractivity contribution in [1.29, 1.82) is 0 Å². The van der Waals surface area contributed by atoms with Gasteiger partial charge < -0.3 is 14.2 Å². The number of hydrogen-bond donors (Lipinski definition) is 0. The van der Waals surface area contributed by atoms with Crippen LogP contribution in [0, 0.1) is 12.5 Å². The van der Waals surface area contributed by atoms with Crippen molar-refractivity contribution in [3.05, 3.63) is 0 Å². The number of ether oxygens (including phenoxy) is 3. The molecule has 0 radical (unpaired) electrons. The number of esters is 2. The molecule has 1 atom stereocenters. The Bertz CT molecular complexity index is 266. The summed E-state index contributed by atoms with van der Waals surface area (Å²) in [6.45, 7) is 3.31. The van der Waals surface area contributed by atoms with E-state index in [9.17, 15) is 9.59 Å². The third kappa shape index (κ3) is 6.71. The van der Waals surface area contributed by atoms with Crippen LogP contribution >= 0.6 is 0 Å². The van der Waals surface area contributed by atoms with Gasteiger partial charge in [0.15, 0.2) is 6.10 Å². The smallest absolute Gasteiger partial charge is 0.306 e. The van der Waals surface area contributed by atoms with E-state index in [1.165, 1.54) is 0 Å². The van der Waals surface area contributed by atoms with E-state index in [0.29, 0.717) is 0 Å². The molecule has 0 heterocycles. The highest BCUT2D eigenvalue weighted by molar-refractivity contribution is 5.69. The van der Waals surface area contributed by atoms with Gasteiger partial charge in [0.1, 0.15) is 19.3 Å². The Morgan fingerprint density at radius 2 is 1.81 bits per heavy atom. The number of hydrogen-bond acceptors (Lipinski definition) is 5. The molecule has 0 saturated carbocycles. The summed E-state index contributed by atoms with van der Waals surface area (Å²) < 4.78 is 14.5. The second-order valence-corrected chi connectivity index (χ2v) is 2.93. The highest BCUT2D eigenvalue weighted by Gasteiger charge is 2.16. The van der Waals surface area contributed by atoms with Gasteiger partial charge in [-0.2, -0.15) is 0 Å². The monoisotopic (exact) mass is 228 g/mol. The van der Waals surface area contributed by atoms with Crippen LogP contribution < -0.4 is 0 Å². The minimum Gasteiger partial charge on any atom is -0.462 e. The lowest BCUT2D eigenvalue weighted by Crippen LogP contribution is -2.28. The fraction of sp³-hybridized carbons (Fsp3) is 0.636. The fourth-order valence-corrected chi connectivity index (χ4v) is 0.814. The van der Waals surface area contributed by atoms with Crippen molar-refractivity contribution in [2.75, 3.05) is 13.2 Å². The Balaban J connectivity index is 4.05. The van der Waals surface area contributed by atoms with E-state index < -0.39 is 12.1 Å². The van der Waals surface area contributed by atoms with E-state index in [4.69, 9.17) is 15.9 Å². The molecule has 0 saturated heterocycles. The molecule has 0 spiro atoms. The zero-order valence-corrected chi connectivity index (χ0v) is 9.52. The van der Waals surface area contributed by atoms with Gasteiger partial charge in [0, 0.05) is 12.8 Å². The molecule has 0 aromatic carbocycles. The van der Waals surface area contributed by atoms with Crippen LogP contribution in [0.15, 0.2) is 0 Å². The van der Waals surface area contributed by atoms with Crippen LogP contribution in [0.2, 0.25) is 0 Å². The van der Waals surface area contributed by atoms with E-state index in [1.54, 1.807) is 13.8 Å². The van der Waals surface area contributed by atoms with Crippen molar-refractivity contribution >= 4 is 11.9 Å². The number of carbonyl (C=O) groups is 2. The molecule has 0 aromatic rings. The van der Waals surface area contributed by atoms with Crippen LogP contribution in [-0.4, -0.2) is 31.3 Å². The van der Waals surface area contributed by atoms with Gasteiger partial charge in [-0.25, -0.2) is 0 Å². The Kier molecular flexibility index (Phi) is 7.68. The van der Waals surface area contributed by atoms with Crippen molar-refractivity contribution in [3.8, 4) is 12.5 Å². The van der Waals surface area contributed by atoms with Gasteiger partial charge in [0.05, 0.1) is 0 Å². The highest BCUT2D eigenvalue weighted by atomic mass is 16.6. The summed E-state index contributed by atoms with van der Waals surface area (Å²) in [5.41, 5.74) is 0. The Morgan fingerprint density at radius 3 is 2.31 bits per heavy atom. The van der Waals surface area contributed by atoms with E-state index >= 15 is 0 Å². The first-order chi connectivity index (χ1) is 7.63. The molecule has 0 aliphatic heterocycles. The van der Waals surface area contributed by atoms with Gasteiger partial charge in [-0.1, -0.05) is 20.3 Å². The zero-order chi connectivity index (χ0) is 12.4. The van der Waals surface area contributed by atoms with Crippen LogP contribution in [0.25, 0.3) is 0 Å². The van der Waals surface area contributed by atoms with E-state index in [1.807, 2.05) is 6.11 Å². The predicted molar refractivity (Wildman–Crippen MR) is 56.2 cm³/mol. The van der Waals surface area contributed by atoms with Crippen molar-refractivity contribution in [2.24, 2.45) is 0 Å².